The molecule has 2 aromatic rings. The number of fused-ring (bicyclic) bond motifs is 1. The summed E-state index contributed by atoms with van der Waals surface area (Å²) in [7, 11) is 0. The van der Waals surface area contributed by atoms with Crippen LogP contribution in [0.3, 0.4) is 0 Å². The van der Waals surface area contributed by atoms with Gasteiger partial charge >= 0.3 is 0 Å². The number of imidazole rings is 1. The van der Waals surface area contributed by atoms with Crippen molar-refractivity contribution in [3.63, 3.8) is 0 Å². The van der Waals surface area contributed by atoms with E-state index in [1.807, 2.05) is 13.8 Å². The molecule has 0 spiro atoms. The zero-order valence-corrected chi connectivity index (χ0v) is 8.68. The Labute approximate surface area is 84.8 Å². The van der Waals surface area contributed by atoms with Gasteiger partial charge in [0.2, 0.25) is 0 Å². The quantitative estimate of drug-likeness (QED) is 0.698. The first kappa shape index (κ1) is 9.14. The predicted octanol–water partition coefficient (Wildman–Crippen LogP) is 1.36. The largest absolute Gasteiger partial charge is 0.331 e. The average molecular weight is 210 g/mol. The fourth-order valence-electron chi connectivity index (χ4n) is 1.39. The number of aromatic nitrogens is 4. The van der Waals surface area contributed by atoms with Gasteiger partial charge in [0.05, 0.1) is 6.33 Å². The molecule has 0 fully saturated rings. The van der Waals surface area contributed by atoms with E-state index in [-0.39, 0.29) is 11.6 Å². The molecule has 0 aromatic carbocycles. The van der Waals surface area contributed by atoms with E-state index in [1.165, 1.54) is 10.9 Å². The Bertz CT molecular complexity index is 577. The van der Waals surface area contributed by atoms with Gasteiger partial charge in [-0.05, 0) is 26.1 Å². The lowest BCUT2D eigenvalue weighted by Crippen LogP contribution is -2.23. The van der Waals surface area contributed by atoms with Crippen LogP contribution in [0.5, 0.6) is 0 Å². The summed E-state index contributed by atoms with van der Waals surface area (Å²) in [5, 5.41) is 0. The molecule has 0 saturated heterocycles. The van der Waals surface area contributed by atoms with Crippen molar-refractivity contribution in [2.24, 2.45) is 0 Å². The van der Waals surface area contributed by atoms with E-state index in [0.717, 1.165) is 0 Å². The second-order valence-electron chi connectivity index (χ2n) is 3.33. The van der Waals surface area contributed by atoms with E-state index in [1.54, 1.807) is 0 Å². The molecule has 2 rings (SSSR count). The molecule has 0 radical (unpaired) electrons. The number of nitrogens with zero attached hydrogens (tertiary/aromatic N) is 2. The summed E-state index contributed by atoms with van der Waals surface area (Å²) in [6, 6.07) is 0.0346. The van der Waals surface area contributed by atoms with Crippen LogP contribution in [0.2, 0.25) is 0 Å². The average Bonchev–Trinajstić information content (AvgIpc) is 2.50. The van der Waals surface area contributed by atoms with Gasteiger partial charge in [-0.25, -0.2) is 4.98 Å². The number of hydrogen-bond donors (Lipinski definition) is 2. The Balaban J connectivity index is 2.97. The summed E-state index contributed by atoms with van der Waals surface area (Å²) in [4.78, 5) is 21.5. The molecular weight excluding hydrogens is 200 g/mol. The minimum absolute atomic E-state index is 0.0346. The molecule has 0 atom stereocenters. The van der Waals surface area contributed by atoms with Crippen molar-refractivity contribution < 1.29 is 0 Å². The monoisotopic (exact) mass is 210 g/mol. The van der Waals surface area contributed by atoms with Crippen molar-refractivity contribution >= 4 is 23.4 Å². The first-order valence-electron chi connectivity index (χ1n) is 4.29. The third-order valence-electron chi connectivity index (χ3n) is 2.03. The maximum Gasteiger partial charge on any atom is 0.282 e. The van der Waals surface area contributed by atoms with E-state index in [4.69, 9.17) is 12.2 Å². The molecule has 2 heterocycles. The summed E-state index contributed by atoms with van der Waals surface area (Å²) < 4.78 is 1.93. The molecule has 0 aliphatic rings. The summed E-state index contributed by atoms with van der Waals surface area (Å²) >= 11 is 5.07. The molecular formula is C8H10N4OS. The van der Waals surface area contributed by atoms with E-state index >= 15 is 0 Å². The second-order valence-corrected chi connectivity index (χ2v) is 3.71. The van der Waals surface area contributed by atoms with Crippen molar-refractivity contribution in [3.8, 4) is 0 Å². The first-order chi connectivity index (χ1) is 6.61. The standard InChI is InChI=1S/C8H10N4OS/c1-4(2)12-7(13)5-6(10-3-9-5)11-8(12)14/h3-4H,1-2H3,(H,9,10)(H,11,14). The zero-order chi connectivity index (χ0) is 10.3. The van der Waals surface area contributed by atoms with Crippen LogP contribution < -0.4 is 5.56 Å². The molecule has 74 valence electrons. The maximum atomic E-state index is 11.8. The Kier molecular flexibility index (Phi) is 1.99. The lowest BCUT2D eigenvalue weighted by Gasteiger charge is -2.08. The van der Waals surface area contributed by atoms with Crippen LogP contribution in [0, 0.1) is 4.77 Å². The van der Waals surface area contributed by atoms with Gasteiger partial charge in [0.25, 0.3) is 5.56 Å². The van der Waals surface area contributed by atoms with Gasteiger partial charge in [-0.1, -0.05) is 0 Å². The molecule has 0 aliphatic heterocycles. The van der Waals surface area contributed by atoms with E-state index in [2.05, 4.69) is 15.0 Å². The van der Waals surface area contributed by atoms with Crippen LogP contribution in [-0.2, 0) is 0 Å². The molecule has 6 heteroatoms. The molecule has 2 N–H and O–H groups in total. The van der Waals surface area contributed by atoms with Crippen LogP contribution in [0.4, 0.5) is 0 Å². The van der Waals surface area contributed by atoms with E-state index < -0.39 is 0 Å². The van der Waals surface area contributed by atoms with Crippen molar-refractivity contribution in [2.45, 2.75) is 19.9 Å². The van der Waals surface area contributed by atoms with Gasteiger partial charge in [0.15, 0.2) is 10.3 Å². The minimum atomic E-state index is -0.153. The van der Waals surface area contributed by atoms with Gasteiger partial charge in [-0.3, -0.25) is 9.36 Å². The Morgan fingerprint density at radius 3 is 2.93 bits per heavy atom. The van der Waals surface area contributed by atoms with Crippen molar-refractivity contribution in [1.29, 1.82) is 0 Å². The molecule has 0 unspecified atom stereocenters. The molecule has 14 heavy (non-hydrogen) atoms. The minimum Gasteiger partial charge on any atom is -0.331 e. The highest BCUT2D eigenvalue weighted by Gasteiger charge is 2.09. The van der Waals surface area contributed by atoms with Crippen LogP contribution in [-0.4, -0.2) is 19.5 Å². The fourth-order valence-corrected chi connectivity index (χ4v) is 1.79. The van der Waals surface area contributed by atoms with Gasteiger partial charge in [0, 0.05) is 6.04 Å². The molecule has 0 amide bonds. The van der Waals surface area contributed by atoms with Crippen molar-refractivity contribution in [2.75, 3.05) is 0 Å². The highest BCUT2D eigenvalue weighted by atomic mass is 32.1. The van der Waals surface area contributed by atoms with E-state index in [0.29, 0.717) is 15.9 Å². The first-order valence-corrected chi connectivity index (χ1v) is 4.70. The SMILES string of the molecule is CC(C)n1c(=S)[nH]c2[nH]cnc2c1=O. The molecule has 5 nitrogen and oxygen atoms in total. The molecule has 0 saturated carbocycles. The van der Waals surface area contributed by atoms with Crippen LogP contribution >= 0.6 is 12.2 Å². The lowest BCUT2D eigenvalue weighted by atomic mass is 10.4. The van der Waals surface area contributed by atoms with Gasteiger partial charge in [-0.2, -0.15) is 0 Å². The smallest absolute Gasteiger partial charge is 0.282 e. The Morgan fingerprint density at radius 1 is 1.57 bits per heavy atom. The van der Waals surface area contributed by atoms with Gasteiger partial charge in [0.1, 0.15) is 5.65 Å². The third-order valence-corrected chi connectivity index (χ3v) is 2.33. The summed E-state index contributed by atoms with van der Waals surface area (Å²) in [6.07, 6.45) is 1.47. The van der Waals surface area contributed by atoms with Crippen LogP contribution in [0.15, 0.2) is 11.1 Å². The fraction of sp³-hybridized carbons (Fsp3) is 0.375. The number of H-pyrrole nitrogens is 2. The number of rotatable bonds is 1. The maximum absolute atomic E-state index is 11.8. The van der Waals surface area contributed by atoms with E-state index in [9.17, 15) is 4.79 Å². The number of nitrogens with one attached hydrogen (secondary N) is 2. The topological polar surface area (TPSA) is 66.5 Å². The predicted molar refractivity (Wildman–Crippen MR) is 55.9 cm³/mol. The molecule has 0 bridgehead atoms. The highest BCUT2D eigenvalue weighted by molar-refractivity contribution is 7.71. The zero-order valence-electron chi connectivity index (χ0n) is 7.87. The van der Waals surface area contributed by atoms with Crippen LogP contribution in [0.25, 0.3) is 11.2 Å². The second kappa shape index (κ2) is 3.06. The van der Waals surface area contributed by atoms with Crippen molar-refractivity contribution in [1.82, 2.24) is 19.5 Å². The molecule has 2 aromatic heterocycles. The van der Waals surface area contributed by atoms with Gasteiger partial charge in [-0.15, -0.1) is 0 Å². The summed E-state index contributed by atoms with van der Waals surface area (Å²) in [6.45, 7) is 3.81. The highest BCUT2D eigenvalue weighted by Crippen LogP contribution is 2.04. The number of aromatic amines is 2. The van der Waals surface area contributed by atoms with Gasteiger partial charge < -0.3 is 9.97 Å². The Hall–Kier alpha value is -1.43. The Morgan fingerprint density at radius 2 is 2.29 bits per heavy atom. The normalized spacial score (nSPS) is 11.4. The van der Waals surface area contributed by atoms with Crippen molar-refractivity contribution in [3.05, 3.63) is 21.5 Å². The summed E-state index contributed by atoms with van der Waals surface area (Å²) in [5.74, 6) is 0. The third kappa shape index (κ3) is 1.19. The molecule has 0 aliphatic carbocycles. The summed E-state index contributed by atoms with van der Waals surface area (Å²) in [5.41, 5.74) is 0.823. The number of hydrogen-bond acceptors (Lipinski definition) is 3. The lowest BCUT2D eigenvalue weighted by molar-refractivity contribution is 0.564. The van der Waals surface area contributed by atoms with Crippen LogP contribution in [0.1, 0.15) is 19.9 Å².